The van der Waals surface area contributed by atoms with Crippen molar-refractivity contribution in [2.45, 2.75) is 65.3 Å². The molecular weight excluding hydrogens is 270 g/mol. The summed E-state index contributed by atoms with van der Waals surface area (Å²) in [6.07, 6.45) is 0.638. The fraction of sp³-hybridized carbons (Fsp3) is 0.750. The van der Waals surface area contributed by atoms with Crippen molar-refractivity contribution < 1.29 is 9.84 Å². The van der Waals surface area contributed by atoms with Crippen molar-refractivity contribution in [3.05, 3.63) is 22.4 Å². The maximum atomic E-state index is 10.2. The normalized spacial score (nSPS) is 15.6. The van der Waals surface area contributed by atoms with Crippen LogP contribution in [0.5, 0.6) is 0 Å². The third-order valence-corrected chi connectivity index (χ3v) is 4.07. The smallest absolute Gasteiger partial charge is 0.0900 e. The summed E-state index contributed by atoms with van der Waals surface area (Å²) in [5, 5.41) is 14.5. The van der Waals surface area contributed by atoms with Gasteiger partial charge in [-0.15, -0.1) is 0 Å². The number of ether oxygens (including phenoxy) is 1. The summed E-state index contributed by atoms with van der Waals surface area (Å²) < 4.78 is 5.67. The van der Waals surface area contributed by atoms with E-state index in [1.807, 2.05) is 20.8 Å². The molecule has 20 heavy (non-hydrogen) atoms. The lowest BCUT2D eigenvalue weighted by molar-refractivity contribution is -0.0593. The average molecular weight is 299 g/mol. The molecule has 116 valence electrons. The van der Waals surface area contributed by atoms with Crippen LogP contribution in [0.2, 0.25) is 0 Å². The third kappa shape index (κ3) is 6.84. The molecule has 0 amide bonds. The fourth-order valence-corrected chi connectivity index (χ4v) is 2.61. The Hall–Kier alpha value is -0.420. The van der Waals surface area contributed by atoms with Crippen LogP contribution in [0, 0.1) is 0 Å². The summed E-state index contributed by atoms with van der Waals surface area (Å²) in [4.78, 5) is 2.33. The average Bonchev–Trinajstić information content (AvgIpc) is 2.86. The van der Waals surface area contributed by atoms with Crippen molar-refractivity contribution in [1.82, 2.24) is 4.90 Å². The highest BCUT2D eigenvalue weighted by Crippen LogP contribution is 2.15. The predicted octanol–water partition coefficient (Wildman–Crippen LogP) is 3.52. The second-order valence-corrected chi connectivity index (χ2v) is 7.18. The molecule has 1 rings (SSSR count). The zero-order chi connectivity index (χ0) is 15.2. The maximum Gasteiger partial charge on any atom is 0.0900 e. The van der Waals surface area contributed by atoms with E-state index in [-0.39, 0.29) is 5.60 Å². The molecule has 0 aliphatic carbocycles. The number of nitrogens with zero attached hydrogens (tertiary/aromatic N) is 1. The Labute approximate surface area is 127 Å². The molecule has 1 aromatic heterocycles. The van der Waals surface area contributed by atoms with Crippen molar-refractivity contribution in [3.63, 3.8) is 0 Å². The summed E-state index contributed by atoms with van der Waals surface area (Å²) in [7, 11) is 0. The van der Waals surface area contributed by atoms with Gasteiger partial charge in [-0.2, -0.15) is 11.3 Å². The number of hydrogen-bond acceptors (Lipinski definition) is 4. The molecule has 0 radical (unpaired) electrons. The first-order valence-corrected chi connectivity index (χ1v) is 8.33. The Balaban J connectivity index is 2.51. The lowest BCUT2D eigenvalue weighted by atomic mass is 10.1. The topological polar surface area (TPSA) is 32.7 Å². The van der Waals surface area contributed by atoms with Gasteiger partial charge in [0.1, 0.15) is 0 Å². The van der Waals surface area contributed by atoms with Crippen molar-refractivity contribution in [3.8, 4) is 0 Å². The van der Waals surface area contributed by atoms with E-state index in [1.165, 1.54) is 5.56 Å². The Morgan fingerprint density at radius 2 is 2.10 bits per heavy atom. The molecule has 0 unspecified atom stereocenters. The Morgan fingerprint density at radius 1 is 1.40 bits per heavy atom. The van der Waals surface area contributed by atoms with Gasteiger partial charge in [0.15, 0.2) is 0 Å². The van der Waals surface area contributed by atoms with Crippen molar-refractivity contribution in [1.29, 1.82) is 0 Å². The molecule has 1 aromatic rings. The first-order chi connectivity index (χ1) is 9.31. The molecule has 0 bridgehead atoms. The van der Waals surface area contributed by atoms with Gasteiger partial charge in [-0.3, -0.25) is 4.90 Å². The maximum absolute atomic E-state index is 10.2. The Bertz CT molecular complexity index is 359. The summed E-state index contributed by atoms with van der Waals surface area (Å²) in [6, 6.07) is 2.61. The van der Waals surface area contributed by atoms with Crippen LogP contribution in [0.25, 0.3) is 0 Å². The Morgan fingerprint density at radius 3 is 2.60 bits per heavy atom. The van der Waals surface area contributed by atoms with Crippen LogP contribution < -0.4 is 0 Å². The molecular formula is C16H29NO2S. The first kappa shape index (κ1) is 17.6. The molecule has 0 fully saturated rings. The van der Waals surface area contributed by atoms with E-state index in [2.05, 4.69) is 35.6 Å². The summed E-state index contributed by atoms with van der Waals surface area (Å²) in [5.41, 5.74) is 1.12. The van der Waals surface area contributed by atoms with Gasteiger partial charge < -0.3 is 9.84 Å². The van der Waals surface area contributed by atoms with Gasteiger partial charge in [0.25, 0.3) is 0 Å². The monoisotopic (exact) mass is 299 g/mol. The highest BCUT2D eigenvalue weighted by Gasteiger charge is 2.19. The van der Waals surface area contributed by atoms with Crippen molar-refractivity contribution >= 4 is 11.3 Å². The van der Waals surface area contributed by atoms with Crippen LogP contribution in [-0.2, 0) is 11.3 Å². The molecule has 0 spiro atoms. The van der Waals surface area contributed by atoms with Gasteiger partial charge >= 0.3 is 0 Å². The van der Waals surface area contributed by atoms with E-state index in [1.54, 1.807) is 11.3 Å². The van der Waals surface area contributed by atoms with Crippen LogP contribution in [-0.4, -0.2) is 40.9 Å². The second kappa shape index (κ2) is 8.13. The SMILES string of the molecule is CC[C@@H](C)N(Cc1ccsc1)C[C@H](O)COC(C)(C)C. The number of hydrogen-bond donors (Lipinski definition) is 1. The van der Waals surface area contributed by atoms with E-state index in [4.69, 9.17) is 4.74 Å². The van der Waals surface area contributed by atoms with Gasteiger partial charge in [-0.05, 0) is 56.5 Å². The zero-order valence-electron chi connectivity index (χ0n) is 13.4. The van der Waals surface area contributed by atoms with Crippen LogP contribution in [0.4, 0.5) is 0 Å². The fourth-order valence-electron chi connectivity index (χ4n) is 1.95. The molecule has 0 aliphatic heterocycles. The van der Waals surface area contributed by atoms with Gasteiger partial charge in [-0.25, -0.2) is 0 Å². The van der Waals surface area contributed by atoms with E-state index in [9.17, 15) is 5.11 Å². The highest BCUT2D eigenvalue weighted by atomic mass is 32.1. The molecule has 2 atom stereocenters. The van der Waals surface area contributed by atoms with Gasteiger partial charge in [0.2, 0.25) is 0 Å². The molecule has 0 saturated heterocycles. The largest absolute Gasteiger partial charge is 0.389 e. The van der Waals surface area contributed by atoms with Crippen molar-refractivity contribution in [2.75, 3.05) is 13.2 Å². The number of aliphatic hydroxyl groups is 1. The first-order valence-electron chi connectivity index (χ1n) is 7.39. The lowest BCUT2D eigenvalue weighted by Gasteiger charge is -2.31. The Kier molecular flexibility index (Phi) is 7.17. The molecule has 1 heterocycles. The van der Waals surface area contributed by atoms with Crippen LogP contribution in [0.15, 0.2) is 16.8 Å². The van der Waals surface area contributed by atoms with E-state index in [0.29, 0.717) is 19.2 Å². The number of thiophene rings is 1. The summed E-state index contributed by atoms with van der Waals surface area (Å²) in [6.45, 7) is 12.4. The van der Waals surface area contributed by atoms with E-state index < -0.39 is 6.10 Å². The molecule has 1 N–H and O–H groups in total. The van der Waals surface area contributed by atoms with Crippen molar-refractivity contribution in [2.24, 2.45) is 0 Å². The lowest BCUT2D eigenvalue weighted by Crippen LogP contribution is -2.40. The van der Waals surface area contributed by atoms with E-state index >= 15 is 0 Å². The van der Waals surface area contributed by atoms with Gasteiger partial charge in [0, 0.05) is 19.1 Å². The zero-order valence-corrected chi connectivity index (χ0v) is 14.2. The van der Waals surface area contributed by atoms with Crippen LogP contribution in [0.1, 0.15) is 46.6 Å². The van der Waals surface area contributed by atoms with Gasteiger partial charge in [0.05, 0.1) is 18.3 Å². The second-order valence-electron chi connectivity index (χ2n) is 6.40. The minimum atomic E-state index is -0.443. The predicted molar refractivity (Wildman–Crippen MR) is 86.2 cm³/mol. The van der Waals surface area contributed by atoms with Gasteiger partial charge in [-0.1, -0.05) is 6.92 Å². The number of aliphatic hydroxyl groups excluding tert-OH is 1. The minimum absolute atomic E-state index is 0.199. The quantitative estimate of drug-likeness (QED) is 0.797. The van der Waals surface area contributed by atoms with E-state index in [0.717, 1.165) is 13.0 Å². The standard InChI is InChI=1S/C16H29NO2S/c1-6-13(2)17(9-14-7-8-20-12-14)10-15(18)11-19-16(3,4)5/h7-8,12-13,15,18H,6,9-11H2,1-5H3/t13-,15+/m1/s1. The van der Waals surface area contributed by atoms with Crippen LogP contribution in [0.3, 0.4) is 0 Å². The minimum Gasteiger partial charge on any atom is -0.389 e. The third-order valence-electron chi connectivity index (χ3n) is 3.33. The highest BCUT2D eigenvalue weighted by molar-refractivity contribution is 7.07. The molecule has 0 aromatic carbocycles. The number of rotatable bonds is 8. The summed E-state index contributed by atoms with van der Waals surface area (Å²) in [5.74, 6) is 0. The molecule has 0 saturated carbocycles. The molecule has 0 aliphatic rings. The summed E-state index contributed by atoms with van der Waals surface area (Å²) >= 11 is 1.72. The van der Waals surface area contributed by atoms with Crippen LogP contribution >= 0.6 is 11.3 Å². The molecule has 3 nitrogen and oxygen atoms in total. The molecule has 4 heteroatoms.